The van der Waals surface area contributed by atoms with E-state index >= 15 is 0 Å². The molecule has 4 aromatic rings. The van der Waals surface area contributed by atoms with Gasteiger partial charge in [-0.3, -0.25) is 4.79 Å². The van der Waals surface area contributed by atoms with Crippen molar-refractivity contribution in [2.45, 2.75) is 32.6 Å². The van der Waals surface area contributed by atoms with Crippen molar-refractivity contribution in [2.24, 2.45) is 0 Å². The summed E-state index contributed by atoms with van der Waals surface area (Å²) >= 11 is 4.77. The van der Waals surface area contributed by atoms with Gasteiger partial charge in [0, 0.05) is 26.8 Å². The van der Waals surface area contributed by atoms with Crippen molar-refractivity contribution < 1.29 is 9.21 Å². The number of furan rings is 1. The van der Waals surface area contributed by atoms with Crippen LogP contribution in [-0.2, 0) is 12.8 Å². The van der Waals surface area contributed by atoms with Gasteiger partial charge < -0.3 is 15.5 Å². The van der Waals surface area contributed by atoms with Crippen molar-refractivity contribution in [3.63, 3.8) is 0 Å². The van der Waals surface area contributed by atoms with Crippen LogP contribution in [0.1, 0.15) is 39.5 Å². The van der Waals surface area contributed by atoms with Crippen LogP contribution in [0.5, 0.6) is 0 Å². The lowest BCUT2D eigenvalue weighted by atomic mass is 9.89. The highest BCUT2D eigenvalue weighted by atomic mass is 79.9. The third kappa shape index (κ3) is 3.32. The normalized spacial score (nSPS) is 13.4. The van der Waals surface area contributed by atoms with E-state index < -0.39 is 0 Å². The van der Waals surface area contributed by atoms with E-state index in [1.165, 1.54) is 16.9 Å². The van der Waals surface area contributed by atoms with Gasteiger partial charge in [-0.2, -0.15) is 0 Å². The van der Waals surface area contributed by atoms with Gasteiger partial charge >= 0.3 is 0 Å². The minimum absolute atomic E-state index is 0.229. The standard InChI is InChI=1S/C23H20BrN3O2S/c1-12-9-10-17(29-12)18-15-7-2-3-8-16(15)27-23-19(18)20(25)21(30-23)22(28)26-14-6-4-5-13(24)11-14/h4-6,9-11H,2-3,7-8,25H2,1H3,(H,26,28). The number of aryl methyl sites for hydroxylation is 2. The van der Waals surface area contributed by atoms with Gasteiger partial charge in [0.1, 0.15) is 21.2 Å². The first-order chi connectivity index (χ1) is 14.5. The number of pyridine rings is 1. The number of amides is 1. The van der Waals surface area contributed by atoms with Crippen molar-refractivity contribution >= 4 is 54.8 Å². The first-order valence-electron chi connectivity index (χ1n) is 9.88. The molecule has 1 aliphatic rings. The van der Waals surface area contributed by atoms with E-state index in [9.17, 15) is 4.79 Å². The zero-order valence-electron chi connectivity index (χ0n) is 16.4. The lowest BCUT2D eigenvalue weighted by molar-refractivity contribution is 0.103. The molecule has 1 aliphatic carbocycles. The van der Waals surface area contributed by atoms with E-state index in [-0.39, 0.29) is 5.91 Å². The molecule has 0 aliphatic heterocycles. The molecular formula is C23H20BrN3O2S. The Balaban J connectivity index is 1.67. The zero-order chi connectivity index (χ0) is 20.8. The van der Waals surface area contributed by atoms with Crippen molar-refractivity contribution in [2.75, 3.05) is 11.1 Å². The minimum atomic E-state index is -0.229. The number of anilines is 2. The van der Waals surface area contributed by atoms with E-state index in [4.69, 9.17) is 15.1 Å². The number of nitrogens with two attached hydrogens (primary N) is 1. The number of halogens is 1. The predicted molar refractivity (Wildman–Crippen MR) is 125 cm³/mol. The Labute approximate surface area is 186 Å². The molecule has 0 bridgehead atoms. The second kappa shape index (κ2) is 7.56. The summed E-state index contributed by atoms with van der Waals surface area (Å²) in [7, 11) is 0. The van der Waals surface area contributed by atoms with E-state index in [0.29, 0.717) is 16.3 Å². The Morgan fingerprint density at radius 2 is 2.07 bits per heavy atom. The van der Waals surface area contributed by atoms with Crippen LogP contribution in [0.2, 0.25) is 0 Å². The summed E-state index contributed by atoms with van der Waals surface area (Å²) in [6.07, 6.45) is 4.13. The van der Waals surface area contributed by atoms with Crippen LogP contribution in [0.4, 0.5) is 11.4 Å². The van der Waals surface area contributed by atoms with E-state index in [0.717, 1.165) is 63.2 Å². The van der Waals surface area contributed by atoms with Crippen molar-refractivity contribution in [1.82, 2.24) is 4.98 Å². The number of carbonyl (C=O) groups excluding carboxylic acids is 1. The van der Waals surface area contributed by atoms with Crippen LogP contribution in [0.25, 0.3) is 21.5 Å². The molecule has 0 fully saturated rings. The van der Waals surface area contributed by atoms with Crippen LogP contribution >= 0.6 is 27.3 Å². The molecule has 3 aromatic heterocycles. The Morgan fingerprint density at radius 3 is 2.83 bits per heavy atom. The highest BCUT2D eigenvalue weighted by molar-refractivity contribution is 9.10. The number of nitrogen functional groups attached to an aromatic ring is 1. The van der Waals surface area contributed by atoms with E-state index in [1.54, 1.807) is 0 Å². The number of rotatable bonds is 3. The number of hydrogen-bond acceptors (Lipinski definition) is 5. The number of hydrogen-bond donors (Lipinski definition) is 2. The Hall–Kier alpha value is -2.64. The third-order valence-corrected chi connectivity index (χ3v) is 7.02. The molecule has 5 rings (SSSR count). The van der Waals surface area contributed by atoms with Gasteiger partial charge in [-0.05, 0) is 68.5 Å². The largest absolute Gasteiger partial charge is 0.461 e. The summed E-state index contributed by atoms with van der Waals surface area (Å²) in [5.41, 5.74) is 11.0. The number of nitrogens with one attached hydrogen (secondary N) is 1. The minimum Gasteiger partial charge on any atom is -0.461 e. The zero-order valence-corrected chi connectivity index (χ0v) is 18.8. The first kappa shape index (κ1) is 19.3. The highest BCUT2D eigenvalue weighted by Gasteiger charge is 2.27. The molecule has 0 unspecified atom stereocenters. The summed E-state index contributed by atoms with van der Waals surface area (Å²) in [5, 5.41) is 3.77. The summed E-state index contributed by atoms with van der Waals surface area (Å²) in [6.45, 7) is 1.93. The summed E-state index contributed by atoms with van der Waals surface area (Å²) in [6, 6.07) is 11.4. The van der Waals surface area contributed by atoms with Gasteiger partial charge in [0.2, 0.25) is 0 Å². The monoisotopic (exact) mass is 481 g/mol. The molecule has 1 amide bonds. The lowest BCUT2D eigenvalue weighted by Gasteiger charge is -2.18. The quantitative estimate of drug-likeness (QED) is 0.357. The number of fused-ring (bicyclic) bond motifs is 2. The fourth-order valence-electron chi connectivity index (χ4n) is 4.07. The van der Waals surface area contributed by atoms with Gasteiger partial charge in [-0.15, -0.1) is 11.3 Å². The van der Waals surface area contributed by atoms with Crippen LogP contribution in [0.15, 0.2) is 45.3 Å². The molecular weight excluding hydrogens is 462 g/mol. The average molecular weight is 482 g/mol. The third-order valence-electron chi connectivity index (χ3n) is 5.43. The van der Waals surface area contributed by atoms with Crippen LogP contribution < -0.4 is 11.1 Å². The highest BCUT2D eigenvalue weighted by Crippen LogP contribution is 2.44. The van der Waals surface area contributed by atoms with Gasteiger partial charge in [-0.1, -0.05) is 22.0 Å². The molecule has 0 saturated carbocycles. The van der Waals surface area contributed by atoms with E-state index in [2.05, 4.69) is 21.2 Å². The molecule has 152 valence electrons. The molecule has 1 aromatic carbocycles. The van der Waals surface area contributed by atoms with E-state index in [1.807, 2.05) is 43.3 Å². The summed E-state index contributed by atoms with van der Waals surface area (Å²) < 4.78 is 6.89. The molecule has 0 atom stereocenters. The average Bonchev–Trinajstić information content (AvgIpc) is 3.29. The summed E-state index contributed by atoms with van der Waals surface area (Å²) in [4.78, 5) is 19.2. The van der Waals surface area contributed by atoms with Gasteiger partial charge in [0.25, 0.3) is 5.91 Å². The van der Waals surface area contributed by atoms with Gasteiger partial charge in [0.05, 0.1) is 5.69 Å². The van der Waals surface area contributed by atoms with Crippen LogP contribution in [0, 0.1) is 6.92 Å². The van der Waals surface area contributed by atoms with Crippen molar-refractivity contribution in [3.05, 3.63) is 62.8 Å². The first-order valence-corrected chi connectivity index (χ1v) is 11.5. The molecule has 3 N–H and O–H groups in total. The van der Waals surface area contributed by atoms with Crippen molar-refractivity contribution in [3.8, 4) is 11.3 Å². The van der Waals surface area contributed by atoms with Crippen LogP contribution in [0.3, 0.4) is 0 Å². The fourth-order valence-corrected chi connectivity index (χ4v) is 5.49. The number of carbonyl (C=O) groups is 1. The molecule has 30 heavy (non-hydrogen) atoms. The topological polar surface area (TPSA) is 81.2 Å². The molecule has 3 heterocycles. The Morgan fingerprint density at radius 1 is 1.23 bits per heavy atom. The van der Waals surface area contributed by atoms with Gasteiger partial charge in [0.15, 0.2) is 0 Å². The maximum Gasteiger partial charge on any atom is 0.267 e. The number of benzene rings is 1. The molecule has 5 nitrogen and oxygen atoms in total. The second-order valence-corrected chi connectivity index (χ2v) is 9.43. The maximum atomic E-state index is 13.0. The number of thiophene rings is 1. The molecule has 0 radical (unpaired) electrons. The lowest BCUT2D eigenvalue weighted by Crippen LogP contribution is -2.12. The SMILES string of the molecule is Cc1ccc(-c2c3c(nc4sc(C(=O)Nc5cccc(Br)c5)c(N)c24)CCCC3)o1. The second-order valence-electron chi connectivity index (χ2n) is 7.52. The van der Waals surface area contributed by atoms with Crippen LogP contribution in [-0.4, -0.2) is 10.9 Å². The Bertz CT molecular complexity index is 1290. The summed E-state index contributed by atoms with van der Waals surface area (Å²) in [5.74, 6) is 1.41. The molecule has 0 spiro atoms. The smallest absolute Gasteiger partial charge is 0.267 e. The molecule has 7 heteroatoms. The number of aromatic nitrogens is 1. The Kier molecular flexibility index (Phi) is 4.87. The number of nitrogens with zero attached hydrogens (tertiary/aromatic N) is 1. The predicted octanol–water partition coefficient (Wildman–Crippen LogP) is 6.34. The van der Waals surface area contributed by atoms with Crippen molar-refractivity contribution in [1.29, 1.82) is 0 Å². The maximum absolute atomic E-state index is 13.0. The fraction of sp³-hybridized carbons (Fsp3) is 0.217. The van der Waals surface area contributed by atoms with Gasteiger partial charge in [-0.25, -0.2) is 4.98 Å². The molecule has 0 saturated heterocycles.